The van der Waals surface area contributed by atoms with Crippen LogP contribution in [0.1, 0.15) is 0 Å². The predicted octanol–water partition coefficient (Wildman–Crippen LogP) is 1.09. The number of ether oxygens (including phenoxy) is 1. The van der Waals surface area contributed by atoms with Gasteiger partial charge in [-0.1, -0.05) is 12.1 Å². The highest BCUT2D eigenvalue weighted by Gasteiger charge is 2.29. The van der Waals surface area contributed by atoms with Crippen LogP contribution in [0.5, 0.6) is 0 Å². The molecule has 0 aliphatic carbocycles. The van der Waals surface area contributed by atoms with Crippen molar-refractivity contribution in [3.8, 4) is 0 Å². The van der Waals surface area contributed by atoms with Crippen LogP contribution in [-0.4, -0.2) is 88.1 Å². The van der Waals surface area contributed by atoms with E-state index in [0.717, 1.165) is 52.5 Å². The molecule has 0 saturated carbocycles. The van der Waals surface area contributed by atoms with Crippen LogP contribution in [0.4, 0.5) is 0 Å². The predicted molar refractivity (Wildman–Crippen MR) is 96.6 cm³/mol. The second-order valence-corrected chi connectivity index (χ2v) is 8.89. The molecule has 1 aromatic carbocycles. The van der Waals surface area contributed by atoms with Crippen molar-refractivity contribution in [2.45, 2.75) is 4.90 Å². The Morgan fingerprint density at radius 1 is 0.917 bits per heavy atom. The van der Waals surface area contributed by atoms with Gasteiger partial charge in [0.2, 0.25) is 10.0 Å². The van der Waals surface area contributed by atoms with E-state index in [9.17, 15) is 8.42 Å². The Labute approximate surface area is 152 Å². The van der Waals surface area contributed by atoms with Crippen molar-refractivity contribution < 1.29 is 13.2 Å². The number of morpholine rings is 1. The van der Waals surface area contributed by atoms with Crippen molar-refractivity contribution in [3.05, 3.63) is 28.7 Å². The zero-order chi connectivity index (χ0) is 17.0. The van der Waals surface area contributed by atoms with Gasteiger partial charge in [-0.25, -0.2) is 8.42 Å². The van der Waals surface area contributed by atoms with Crippen molar-refractivity contribution in [2.24, 2.45) is 0 Å². The lowest BCUT2D eigenvalue weighted by Crippen LogP contribution is -2.50. The summed E-state index contributed by atoms with van der Waals surface area (Å²) in [5, 5.41) is 0. The molecular weight excluding hydrogens is 394 g/mol. The molecule has 0 bridgehead atoms. The Hall–Kier alpha value is -0.510. The first-order chi connectivity index (χ1) is 11.6. The minimum atomic E-state index is -3.42. The second-order valence-electron chi connectivity index (χ2n) is 6.13. The quantitative estimate of drug-likeness (QED) is 0.717. The van der Waals surface area contributed by atoms with Gasteiger partial charge in [0.15, 0.2) is 0 Å². The molecular formula is C16H24BrN3O3S. The molecule has 1 aromatic rings. The summed E-state index contributed by atoms with van der Waals surface area (Å²) in [5.41, 5.74) is 0. The molecule has 2 fully saturated rings. The second kappa shape index (κ2) is 8.25. The first-order valence-electron chi connectivity index (χ1n) is 8.34. The highest BCUT2D eigenvalue weighted by atomic mass is 79.9. The van der Waals surface area contributed by atoms with Crippen LogP contribution in [0.25, 0.3) is 0 Å². The summed E-state index contributed by atoms with van der Waals surface area (Å²) in [5.74, 6) is 0. The number of rotatable bonds is 5. The molecule has 6 nitrogen and oxygen atoms in total. The van der Waals surface area contributed by atoms with Crippen LogP contribution < -0.4 is 0 Å². The van der Waals surface area contributed by atoms with Gasteiger partial charge in [0.25, 0.3) is 0 Å². The number of piperazine rings is 1. The van der Waals surface area contributed by atoms with E-state index in [4.69, 9.17) is 4.74 Å². The summed E-state index contributed by atoms with van der Waals surface area (Å²) in [6, 6.07) is 7.01. The summed E-state index contributed by atoms with van der Waals surface area (Å²) < 4.78 is 33.1. The molecule has 0 spiro atoms. The lowest BCUT2D eigenvalue weighted by atomic mass is 10.3. The Morgan fingerprint density at radius 2 is 1.50 bits per heavy atom. The molecule has 0 amide bonds. The maximum absolute atomic E-state index is 12.8. The van der Waals surface area contributed by atoms with E-state index in [1.54, 1.807) is 22.5 Å². The highest BCUT2D eigenvalue weighted by molar-refractivity contribution is 9.10. The number of sulfonamides is 1. The summed E-state index contributed by atoms with van der Waals surface area (Å²) in [6.45, 7) is 8.31. The maximum Gasteiger partial charge on any atom is 0.244 e. The summed E-state index contributed by atoms with van der Waals surface area (Å²) in [6.07, 6.45) is 0. The summed E-state index contributed by atoms with van der Waals surface area (Å²) in [7, 11) is -3.42. The number of hydrogen-bond acceptors (Lipinski definition) is 5. The van der Waals surface area contributed by atoms with Crippen LogP contribution in [0.2, 0.25) is 0 Å². The average Bonchev–Trinajstić information content (AvgIpc) is 2.61. The minimum Gasteiger partial charge on any atom is -0.379 e. The molecule has 0 N–H and O–H groups in total. The summed E-state index contributed by atoms with van der Waals surface area (Å²) in [4.78, 5) is 5.11. The standard InChI is InChI=1S/C16H24BrN3O3S/c17-15-3-1-2-4-16(15)24(21,22)20-9-7-18(8-10-20)5-6-19-11-13-23-14-12-19/h1-4H,5-14H2. The Balaban J connectivity index is 1.52. The van der Waals surface area contributed by atoms with E-state index >= 15 is 0 Å². The van der Waals surface area contributed by atoms with Crippen molar-refractivity contribution in [1.29, 1.82) is 0 Å². The zero-order valence-corrected chi connectivity index (χ0v) is 16.1. The molecule has 2 aliphatic heterocycles. The molecule has 0 unspecified atom stereocenters. The topological polar surface area (TPSA) is 53.1 Å². The van der Waals surface area contributed by atoms with Crippen LogP contribution in [0, 0.1) is 0 Å². The largest absolute Gasteiger partial charge is 0.379 e. The minimum absolute atomic E-state index is 0.353. The number of nitrogens with zero attached hydrogens (tertiary/aromatic N) is 3. The van der Waals surface area contributed by atoms with Crippen LogP contribution in [-0.2, 0) is 14.8 Å². The molecule has 2 heterocycles. The first kappa shape index (κ1) is 18.3. The lowest BCUT2D eigenvalue weighted by Gasteiger charge is -2.35. The average molecular weight is 418 g/mol. The van der Waals surface area contributed by atoms with Gasteiger partial charge < -0.3 is 4.74 Å². The third-order valence-electron chi connectivity index (χ3n) is 4.62. The number of benzene rings is 1. The third-order valence-corrected chi connectivity index (χ3v) is 7.53. The van der Waals surface area contributed by atoms with E-state index in [0.29, 0.717) is 22.5 Å². The highest BCUT2D eigenvalue weighted by Crippen LogP contribution is 2.25. The van der Waals surface area contributed by atoms with Crippen LogP contribution >= 0.6 is 15.9 Å². The molecule has 2 aliphatic rings. The van der Waals surface area contributed by atoms with Crippen molar-refractivity contribution in [1.82, 2.24) is 14.1 Å². The number of halogens is 1. The van der Waals surface area contributed by atoms with Gasteiger partial charge >= 0.3 is 0 Å². The fraction of sp³-hybridized carbons (Fsp3) is 0.625. The Bertz CT molecular complexity index is 642. The van der Waals surface area contributed by atoms with E-state index in [-0.39, 0.29) is 0 Å². The normalized spacial score (nSPS) is 21.9. The fourth-order valence-electron chi connectivity index (χ4n) is 3.09. The van der Waals surface area contributed by atoms with E-state index in [1.165, 1.54) is 0 Å². The van der Waals surface area contributed by atoms with Crippen molar-refractivity contribution in [2.75, 3.05) is 65.6 Å². The maximum atomic E-state index is 12.8. The first-order valence-corrected chi connectivity index (χ1v) is 10.6. The van der Waals surface area contributed by atoms with Gasteiger partial charge in [0, 0.05) is 56.8 Å². The van der Waals surface area contributed by atoms with E-state index < -0.39 is 10.0 Å². The van der Waals surface area contributed by atoms with Crippen LogP contribution in [0.3, 0.4) is 0 Å². The Morgan fingerprint density at radius 3 is 2.12 bits per heavy atom. The molecule has 3 rings (SSSR count). The molecule has 0 aromatic heterocycles. The lowest BCUT2D eigenvalue weighted by molar-refractivity contribution is 0.0317. The summed E-state index contributed by atoms with van der Waals surface area (Å²) >= 11 is 3.35. The zero-order valence-electron chi connectivity index (χ0n) is 13.7. The molecule has 24 heavy (non-hydrogen) atoms. The monoisotopic (exact) mass is 417 g/mol. The fourth-order valence-corrected chi connectivity index (χ4v) is 5.48. The van der Waals surface area contributed by atoms with Crippen LogP contribution in [0.15, 0.2) is 33.6 Å². The Kier molecular flexibility index (Phi) is 6.28. The third kappa shape index (κ3) is 4.36. The molecule has 0 atom stereocenters. The molecule has 0 radical (unpaired) electrons. The SMILES string of the molecule is O=S(=O)(c1ccccc1Br)N1CCN(CCN2CCOCC2)CC1. The van der Waals surface area contributed by atoms with E-state index in [2.05, 4.69) is 25.7 Å². The van der Waals surface area contributed by atoms with Gasteiger partial charge in [-0.15, -0.1) is 0 Å². The van der Waals surface area contributed by atoms with E-state index in [1.807, 2.05) is 6.07 Å². The molecule has 8 heteroatoms. The van der Waals surface area contributed by atoms with Gasteiger partial charge in [-0.05, 0) is 28.1 Å². The van der Waals surface area contributed by atoms with Gasteiger partial charge in [-0.3, -0.25) is 9.80 Å². The van der Waals surface area contributed by atoms with Gasteiger partial charge in [-0.2, -0.15) is 4.31 Å². The molecule has 134 valence electrons. The van der Waals surface area contributed by atoms with Crippen molar-refractivity contribution in [3.63, 3.8) is 0 Å². The van der Waals surface area contributed by atoms with Gasteiger partial charge in [0.05, 0.1) is 18.1 Å². The van der Waals surface area contributed by atoms with Crippen molar-refractivity contribution >= 4 is 26.0 Å². The molecule has 2 saturated heterocycles. The number of hydrogen-bond donors (Lipinski definition) is 0. The van der Waals surface area contributed by atoms with Gasteiger partial charge in [0.1, 0.15) is 0 Å². The smallest absolute Gasteiger partial charge is 0.244 e.